The fourth-order valence-electron chi connectivity index (χ4n) is 1.18. The Bertz CT molecular complexity index is 205. The van der Waals surface area contributed by atoms with E-state index in [1.165, 1.54) is 25.9 Å². The third kappa shape index (κ3) is 7.14. The van der Waals surface area contributed by atoms with Crippen molar-refractivity contribution in [2.24, 2.45) is 7.05 Å². The van der Waals surface area contributed by atoms with E-state index in [1.807, 2.05) is 7.05 Å². The molecule has 4 heteroatoms. The zero-order valence-electron chi connectivity index (χ0n) is 9.40. The van der Waals surface area contributed by atoms with E-state index >= 15 is 0 Å². The minimum Gasteiger partial charge on any atom is -0.432 e. The van der Waals surface area contributed by atoms with Crippen molar-refractivity contribution in [1.82, 2.24) is 14.7 Å². The molecule has 1 aromatic heterocycles. The van der Waals surface area contributed by atoms with Gasteiger partial charge in [-0.1, -0.05) is 0 Å². The molecule has 2 rings (SSSR count). The first kappa shape index (κ1) is 14.8. The molecular formula is C10H17KN3-. The summed E-state index contributed by atoms with van der Waals surface area (Å²) in [5, 5.41) is 3.78. The molecule has 1 aliphatic rings. The Balaban J connectivity index is 0.000000227. The largest absolute Gasteiger partial charge is 1.00 e. The van der Waals surface area contributed by atoms with Crippen molar-refractivity contribution in [1.29, 1.82) is 0 Å². The molecule has 14 heavy (non-hydrogen) atoms. The van der Waals surface area contributed by atoms with Gasteiger partial charge in [-0.3, -0.25) is 0 Å². The number of nitrogens with zero attached hydrogens (tertiary/aromatic N) is 3. The molecule has 0 amide bonds. The van der Waals surface area contributed by atoms with E-state index in [1.54, 1.807) is 17.1 Å². The molecule has 0 aliphatic carbocycles. The monoisotopic (exact) mass is 218 g/mol. The van der Waals surface area contributed by atoms with Crippen LogP contribution in [0.15, 0.2) is 12.4 Å². The van der Waals surface area contributed by atoms with Crippen LogP contribution in [0.25, 0.3) is 0 Å². The van der Waals surface area contributed by atoms with Crippen LogP contribution in [-0.4, -0.2) is 34.8 Å². The number of rotatable bonds is 0. The van der Waals surface area contributed by atoms with Crippen molar-refractivity contribution in [3.05, 3.63) is 24.9 Å². The summed E-state index contributed by atoms with van der Waals surface area (Å²) in [6, 6.07) is 2.78. The number of aromatic nitrogens is 2. The first-order valence-electron chi connectivity index (χ1n) is 4.64. The van der Waals surface area contributed by atoms with Gasteiger partial charge >= 0.3 is 51.4 Å². The van der Waals surface area contributed by atoms with E-state index in [-0.39, 0.29) is 51.4 Å². The summed E-state index contributed by atoms with van der Waals surface area (Å²) in [6.07, 6.45) is 8.33. The van der Waals surface area contributed by atoms with Crippen molar-refractivity contribution >= 4 is 0 Å². The molecule has 0 N–H and O–H groups in total. The molecule has 0 saturated carbocycles. The van der Waals surface area contributed by atoms with Gasteiger partial charge < -0.3 is 22.1 Å². The molecule has 1 aromatic rings. The van der Waals surface area contributed by atoms with E-state index in [0.29, 0.717) is 0 Å². The molecule has 2 heterocycles. The zero-order valence-corrected chi connectivity index (χ0v) is 12.5. The van der Waals surface area contributed by atoms with Gasteiger partial charge in [-0.25, -0.2) is 5.10 Å². The topological polar surface area (TPSA) is 21.1 Å². The van der Waals surface area contributed by atoms with Crippen LogP contribution in [0, 0.1) is 12.5 Å². The van der Waals surface area contributed by atoms with Crippen LogP contribution in [0.5, 0.6) is 0 Å². The molecule has 0 bridgehead atoms. The molecule has 3 nitrogen and oxygen atoms in total. The molecular weight excluding hydrogens is 201 g/mol. The summed E-state index contributed by atoms with van der Waals surface area (Å²) in [5.41, 5.74) is 0. The van der Waals surface area contributed by atoms with Crippen LogP contribution >= 0.6 is 0 Å². The summed E-state index contributed by atoms with van der Waals surface area (Å²) >= 11 is 0. The summed E-state index contributed by atoms with van der Waals surface area (Å²) in [6.45, 7) is 2.53. The van der Waals surface area contributed by atoms with Gasteiger partial charge in [0.05, 0.1) is 0 Å². The van der Waals surface area contributed by atoms with Crippen molar-refractivity contribution < 1.29 is 51.4 Å². The van der Waals surface area contributed by atoms with Crippen LogP contribution in [0.3, 0.4) is 0 Å². The second-order valence-corrected chi connectivity index (χ2v) is 3.28. The minimum atomic E-state index is 0. The number of piperidine rings is 1. The Morgan fingerprint density at radius 1 is 1.29 bits per heavy atom. The SMILES string of the molecule is CN1CC[CH-]CC1.Cn1c[c-]cn1.[K+]. The molecule has 1 saturated heterocycles. The molecule has 1 aliphatic heterocycles. The first-order valence-corrected chi connectivity index (χ1v) is 4.64. The van der Waals surface area contributed by atoms with E-state index in [0.717, 1.165) is 0 Å². The van der Waals surface area contributed by atoms with Crippen LogP contribution in [-0.2, 0) is 7.05 Å². The van der Waals surface area contributed by atoms with Gasteiger partial charge in [0.25, 0.3) is 0 Å². The third-order valence-electron chi connectivity index (χ3n) is 2.01. The second kappa shape index (κ2) is 9.06. The smallest absolute Gasteiger partial charge is 0.432 e. The van der Waals surface area contributed by atoms with Gasteiger partial charge in [-0.05, 0) is 20.1 Å². The van der Waals surface area contributed by atoms with E-state index in [4.69, 9.17) is 0 Å². The number of hydrogen-bond donors (Lipinski definition) is 0. The van der Waals surface area contributed by atoms with Crippen LogP contribution in [0.4, 0.5) is 0 Å². The summed E-state index contributed by atoms with van der Waals surface area (Å²) in [7, 11) is 4.03. The van der Waals surface area contributed by atoms with E-state index in [9.17, 15) is 0 Å². The predicted octanol–water partition coefficient (Wildman–Crippen LogP) is -1.86. The Hall–Kier alpha value is 0.806. The molecule has 0 atom stereocenters. The maximum atomic E-state index is 3.78. The first-order chi connectivity index (χ1) is 6.29. The van der Waals surface area contributed by atoms with Gasteiger partial charge in [0.1, 0.15) is 0 Å². The normalized spacial score (nSPS) is 16.4. The average molecular weight is 218 g/mol. The second-order valence-electron chi connectivity index (χ2n) is 3.28. The molecule has 0 radical (unpaired) electrons. The Labute approximate surface area is 129 Å². The van der Waals surface area contributed by atoms with Gasteiger partial charge in [0, 0.05) is 7.05 Å². The van der Waals surface area contributed by atoms with Crippen LogP contribution in [0.2, 0.25) is 0 Å². The maximum Gasteiger partial charge on any atom is 1.00 e. The Morgan fingerprint density at radius 3 is 2.14 bits per heavy atom. The molecule has 0 aromatic carbocycles. The number of aryl methyl sites for hydroxylation is 1. The standard InChI is InChI=1S/C6H12N.C4H5N2.K/c1-7-5-3-2-4-6-7;1-6-4-2-3-5-6;/h2H,3-6H2,1H3;3-4H,1H3;/q2*-1;+1. The minimum absolute atomic E-state index is 0. The number of hydrogen-bond acceptors (Lipinski definition) is 2. The van der Waals surface area contributed by atoms with Crippen LogP contribution < -0.4 is 51.4 Å². The zero-order chi connectivity index (χ0) is 9.52. The van der Waals surface area contributed by atoms with Gasteiger partial charge in [-0.2, -0.15) is 19.0 Å². The van der Waals surface area contributed by atoms with E-state index in [2.05, 4.69) is 29.5 Å². The number of likely N-dealkylation sites (tertiary alicyclic amines) is 1. The summed E-state index contributed by atoms with van der Waals surface area (Å²) in [4.78, 5) is 2.36. The Kier molecular flexibility index (Phi) is 9.58. The molecule has 0 unspecified atom stereocenters. The summed E-state index contributed by atoms with van der Waals surface area (Å²) in [5.74, 6) is 0. The fourth-order valence-corrected chi connectivity index (χ4v) is 1.18. The molecule has 74 valence electrons. The quantitative estimate of drug-likeness (QED) is 0.376. The molecule has 1 fully saturated rings. The predicted molar refractivity (Wildman–Crippen MR) is 53.1 cm³/mol. The molecule has 0 spiro atoms. The average Bonchev–Trinajstić information content (AvgIpc) is 2.58. The van der Waals surface area contributed by atoms with Gasteiger partial charge in [0.15, 0.2) is 0 Å². The van der Waals surface area contributed by atoms with Crippen molar-refractivity contribution in [2.45, 2.75) is 12.8 Å². The summed E-state index contributed by atoms with van der Waals surface area (Å²) < 4.78 is 1.69. The fraction of sp³-hybridized carbons (Fsp3) is 0.600. The van der Waals surface area contributed by atoms with Gasteiger partial charge in [0.2, 0.25) is 0 Å². The maximum absolute atomic E-state index is 3.78. The third-order valence-corrected chi connectivity index (χ3v) is 2.01. The van der Waals surface area contributed by atoms with Gasteiger partial charge in [-0.15, -0.1) is 6.20 Å². The van der Waals surface area contributed by atoms with Crippen LogP contribution in [0.1, 0.15) is 12.8 Å². The van der Waals surface area contributed by atoms with Crippen molar-refractivity contribution in [3.63, 3.8) is 0 Å². The van der Waals surface area contributed by atoms with E-state index < -0.39 is 0 Å². The van der Waals surface area contributed by atoms with Crippen molar-refractivity contribution in [2.75, 3.05) is 20.1 Å². The Morgan fingerprint density at radius 2 is 1.93 bits per heavy atom. The van der Waals surface area contributed by atoms with Crippen molar-refractivity contribution in [3.8, 4) is 0 Å².